The number of Topliss-reactive ketones (excluding diaryl/α,β-unsaturated/α-hetero) is 3. The van der Waals surface area contributed by atoms with Crippen LogP contribution >= 0.6 is 0 Å². The van der Waals surface area contributed by atoms with Gasteiger partial charge >= 0.3 is 5.97 Å². The summed E-state index contributed by atoms with van der Waals surface area (Å²) in [4.78, 5) is 64.9. The first-order valence-corrected chi connectivity index (χ1v) is 11.5. The van der Waals surface area contributed by atoms with Crippen LogP contribution in [0.1, 0.15) is 49.7 Å². The van der Waals surface area contributed by atoms with Crippen molar-refractivity contribution in [1.82, 2.24) is 0 Å². The van der Waals surface area contributed by atoms with Crippen molar-refractivity contribution in [2.45, 2.75) is 18.6 Å². The molecule has 2 aliphatic rings. The SMILES string of the molecule is CC(=O)c1ccc(NC(=O)C2C(c3ccc(F)c(F)c3)OC3(C(=O)c4ccccc4C3=O)C2C(=O)O)cc1. The van der Waals surface area contributed by atoms with Gasteiger partial charge in [-0.3, -0.25) is 24.0 Å². The van der Waals surface area contributed by atoms with Gasteiger partial charge in [0.2, 0.25) is 23.1 Å². The minimum atomic E-state index is -2.59. The number of ether oxygens (including phenoxy) is 1. The van der Waals surface area contributed by atoms with Gasteiger partial charge in [-0.15, -0.1) is 0 Å². The number of carboxylic acid groups (broad SMARTS) is 1. The summed E-state index contributed by atoms with van der Waals surface area (Å²) in [6.07, 6.45) is -1.59. The lowest BCUT2D eigenvalue weighted by Crippen LogP contribution is -2.52. The van der Waals surface area contributed by atoms with E-state index in [1.165, 1.54) is 55.5 Å². The maximum absolute atomic E-state index is 14.2. The van der Waals surface area contributed by atoms with Gasteiger partial charge in [0.1, 0.15) is 5.92 Å². The maximum Gasteiger partial charge on any atom is 0.311 e. The van der Waals surface area contributed by atoms with Gasteiger partial charge in [-0.1, -0.05) is 30.3 Å². The Kier molecular flexibility index (Phi) is 5.99. The summed E-state index contributed by atoms with van der Waals surface area (Å²) in [5, 5.41) is 12.8. The van der Waals surface area contributed by atoms with Crippen LogP contribution in [0.3, 0.4) is 0 Å². The van der Waals surface area contributed by atoms with E-state index in [9.17, 15) is 37.9 Å². The fourth-order valence-electron chi connectivity index (χ4n) is 5.14. The molecule has 1 amide bonds. The van der Waals surface area contributed by atoms with E-state index in [0.717, 1.165) is 18.2 Å². The average Bonchev–Trinajstić information content (AvgIpc) is 3.36. The molecule has 1 aliphatic carbocycles. The van der Waals surface area contributed by atoms with E-state index in [1.54, 1.807) is 0 Å². The molecule has 192 valence electrons. The lowest BCUT2D eigenvalue weighted by atomic mass is 9.75. The summed E-state index contributed by atoms with van der Waals surface area (Å²) in [5.41, 5.74) is -2.28. The highest BCUT2D eigenvalue weighted by Gasteiger charge is 2.71. The van der Waals surface area contributed by atoms with Gasteiger partial charge < -0.3 is 15.2 Å². The van der Waals surface area contributed by atoms with Gasteiger partial charge in [0, 0.05) is 22.4 Å². The van der Waals surface area contributed by atoms with Crippen LogP contribution in [-0.4, -0.2) is 39.9 Å². The van der Waals surface area contributed by atoms with Crippen LogP contribution in [0.4, 0.5) is 14.5 Å². The molecule has 5 rings (SSSR count). The number of nitrogens with one attached hydrogen (secondary N) is 1. The third-order valence-electron chi connectivity index (χ3n) is 6.93. The third-order valence-corrected chi connectivity index (χ3v) is 6.93. The Labute approximate surface area is 214 Å². The van der Waals surface area contributed by atoms with Crippen molar-refractivity contribution in [2.75, 3.05) is 5.32 Å². The van der Waals surface area contributed by atoms with Crippen molar-refractivity contribution < 1.29 is 42.6 Å². The number of anilines is 1. The van der Waals surface area contributed by atoms with E-state index in [2.05, 4.69) is 5.32 Å². The second-order valence-corrected chi connectivity index (χ2v) is 9.12. The van der Waals surface area contributed by atoms with Crippen molar-refractivity contribution in [2.24, 2.45) is 11.8 Å². The number of aliphatic carboxylic acids is 1. The van der Waals surface area contributed by atoms with E-state index >= 15 is 0 Å². The first-order valence-electron chi connectivity index (χ1n) is 11.5. The highest BCUT2D eigenvalue weighted by Crippen LogP contribution is 2.54. The fraction of sp³-hybridized carbons (Fsp3) is 0.179. The minimum absolute atomic E-state index is 0.0614. The normalized spacial score (nSPS) is 21.4. The molecule has 1 saturated heterocycles. The van der Waals surface area contributed by atoms with E-state index in [-0.39, 0.29) is 28.2 Å². The van der Waals surface area contributed by atoms with Crippen molar-refractivity contribution in [3.8, 4) is 0 Å². The number of ketones is 3. The minimum Gasteiger partial charge on any atom is -0.481 e. The summed E-state index contributed by atoms with van der Waals surface area (Å²) in [6.45, 7) is 1.36. The number of hydrogen-bond donors (Lipinski definition) is 2. The van der Waals surface area contributed by atoms with Crippen LogP contribution in [-0.2, 0) is 14.3 Å². The summed E-state index contributed by atoms with van der Waals surface area (Å²) < 4.78 is 33.8. The number of benzene rings is 3. The van der Waals surface area contributed by atoms with Gasteiger partial charge in [-0.2, -0.15) is 0 Å². The molecule has 8 nitrogen and oxygen atoms in total. The highest BCUT2D eigenvalue weighted by molar-refractivity contribution is 6.34. The van der Waals surface area contributed by atoms with Crippen molar-refractivity contribution in [3.05, 3.63) is 101 Å². The lowest BCUT2D eigenvalue weighted by molar-refractivity contribution is -0.147. The molecule has 0 saturated carbocycles. The predicted molar refractivity (Wildman–Crippen MR) is 128 cm³/mol. The Morgan fingerprint density at radius 1 is 0.895 bits per heavy atom. The molecule has 2 N–H and O–H groups in total. The molecule has 10 heteroatoms. The molecule has 1 heterocycles. The Balaban J connectivity index is 1.63. The molecular formula is C28H19F2NO7. The molecular weight excluding hydrogens is 500 g/mol. The van der Waals surface area contributed by atoms with Crippen molar-refractivity contribution >= 4 is 34.9 Å². The van der Waals surface area contributed by atoms with Crippen molar-refractivity contribution in [1.29, 1.82) is 0 Å². The van der Waals surface area contributed by atoms with Gasteiger partial charge in [0.05, 0.1) is 12.0 Å². The Bertz CT molecular complexity index is 1500. The van der Waals surface area contributed by atoms with Crippen LogP contribution < -0.4 is 5.32 Å². The van der Waals surface area contributed by atoms with Gasteiger partial charge in [0.15, 0.2) is 17.4 Å². The molecule has 1 spiro atoms. The molecule has 1 fully saturated rings. The standard InChI is InChI=1S/C28H19F2NO7/c1-13(32)14-6-9-16(10-7-14)31-26(35)21-22(27(36)37)28(24(33)17-4-2-3-5-18(17)25(28)34)38-23(21)15-8-11-19(29)20(30)12-15/h2-12,21-23H,1H3,(H,31,35)(H,36,37). The number of carbonyl (C=O) groups is 5. The number of halogens is 2. The summed E-state index contributed by atoms with van der Waals surface area (Å²) in [6, 6.07) is 14.0. The Morgan fingerprint density at radius 3 is 2.03 bits per heavy atom. The number of hydrogen-bond acceptors (Lipinski definition) is 6. The second kappa shape index (κ2) is 9.07. The monoisotopic (exact) mass is 519 g/mol. The third kappa shape index (κ3) is 3.72. The first kappa shape index (κ1) is 25.1. The number of amides is 1. The van der Waals surface area contributed by atoms with E-state index in [1.807, 2.05) is 0 Å². The number of rotatable bonds is 5. The predicted octanol–water partition coefficient (Wildman–Crippen LogP) is 4.01. The molecule has 3 aromatic carbocycles. The molecule has 38 heavy (non-hydrogen) atoms. The van der Waals surface area contributed by atoms with Gasteiger partial charge in [-0.05, 0) is 48.9 Å². The first-order chi connectivity index (χ1) is 18.1. The average molecular weight is 519 g/mol. The van der Waals surface area contributed by atoms with Crippen molar-refractivity contribution in [3.63, 3.8) is 0 Å². The zero-order valence-corrected chi connectivity index (χ0v) is 19.7. The van der Waals surface area contributed by atoms with Crippen LogP contribution in [0.5, 0.6) is 0 Å². The molecule has 3 unspecified atom stereocenters. The number of carboxylic acids is 1. The molecule has 0 bridgehead atoms. The summed E-state index contributed by atoms with van der Waals surface area (Å²) >= 11 is 0. The molecule has 0 aromatic heterocycles. The van der Waals surface area contributed by atoms with Crippen LogP contribution in [0.2, 0.25) is 0 Å². The fourth-order valence-corrected chi connectivity index (χ4v) is 5.14. The number of carbonyl (C=O) groups excluding carboxylic acids is 4. The Hall–Kier alpha value is -4.57. The quantitative estimate of drug-likeness (QED) is 0.385. The summed E-state index contributed by atoms with van der Waals surface area (Å²) in [5.74, 6) is -10.8. The van der Waals surface area contributed by atoms with Crippen LogP contribution in [0.15, 0.2) is 66.7 Å². The zero-order chi connectivity index (χ0) is 27.4. The lowest BCUT2D eigenvalue weighted by Gasteiger charge is -2.25. The number of fused-ring (bicyclic) bond motifs is 1. The highest BCUT2D eigenvalue weighted by atomic mass is 19.2. The molecule has 3 aromatic rings. The van der Waals surface area contributed by atoms with Crippen LogP contribution in [0, 0.1) is 23.5 Å². The smallest absolute Gasteiger partial charge is 0.311 e. The molecule has 1 aliphatic heterocycles. The van der Waals surface area contributed by atoms with E-state index in [0.29, 0.717) is 5.56 Å². The van der Waals surface area contributed by atoms with E-state index in [4.69, 9.17) is 4.74 Å². The second-order valence-electron chi connectivity index (χ2n) is 9.12. The maximum atomic E-state index is 14.2. The van der Waals surface area contributed by atoms with Gasteiger partial charge in [0.25, 0.3) is 0 Å². The molecule has 3 atom stereocenters. The topological polar surface area (TPSA) is 127 Å². The zero-order valence-electron chi connectivity index (χ0n) is 19.7. The largest absolute Gasteiger partial charge is 0.481 e. The van der Waals surface area contributed by atoms with E-state index < -0.39 is 58.6 Å². The van der Waals surface area contributed by atoms with Crippen LogP contribution in [0.25, 0.3) is 0 Å². The summed E-state index contributed by atoms with van der Waals surface area (Å²) in [7, 11) is 0. The van der Waals surface area contributed by atoms with Gasteiger partial charge in [-0.25, -0.2) is 8.78 Å². The molecule has 0 radical (unpaired) electrons. The Morgan fingerprint density at radius 2 is 1.50 bits per heavy atom.